The molecule has 0 aliphatic carbocycles. The average Bonchev–Trinajstić information content (AvgIpc) is 3.06. The molecular weight excluding hydrogens is 324 g/mol. The maximum Gasteiger partial charge on any atom is 0.203 e. The number of aliphatic hydroxyl groups excluding tert-OH is 1. The Hall–Kier alpha value is -1.70. The molecule has 6 nitrogen and oxygen atoms in total. The van der Waals surface area contributed by atoms with Gasteiger partial charge < -0.3 is 9.84 Å². The van der Waals surface area contributed by atoms with E-state index in [2.05, 4.69) is 10.00 Å². The zero-order valence-corrected chi connectivity index (χ0v) is 14.5. The fraction of sp³-hybridized carbons (Fsp3) is 0.529. The highest BCUT2D eigenvalue weighted by Gasteiger charge is 2.40. The Morgan fingerprint density at radius 1 is 1.25 bits per heavy atom. The van der Waals surface area contributed by atoms with Gasteiger partial charge in [-0.15, -0.1) is 0 Å². The summed E-state index contributed by atoms with van der Waals surface area (Å²) in [6.07, 6.45) is 5.62. The Balaban J connectivity index is 1.61. The monoisotopic (exact) mass is 346 g/mol. The van der Waals surface area contributed by atoms with Crippen molar-refractivity contribution in [1.29, 1.82) is 0 Å². The second kappa shape index (κ2) is 6.31. The predicted octanol–water partition coefficient (Wildman–Crippen LogP) is 2.36. The Labute approximate surface area is 146 Å². The van der Waals surface area contributed by atoms with Crippen LogP contribution >= 0.6 is 12.2 Å². The minimum absolute atomic E-state index is 0.155. The Morgan fingerprint density at radius 3 is 2.67 bits per heavy atom. The number of aliphatic hydroxyl groups is 1. The topological polar surface area (TPSA) is 55.5 Å². The van der Waals surface area contributed by atoms with Gasteiger partial charge in [-0.2, -0.15) is 5.10 Å². The zero-order valence-electron chi connectivity index (χ0n) is 13.7. The van der Waals surface area contributed by atoms with Crippen molar-refractivity contribution in [1.82, 2.24) is 19.2 Å². The minimum atomic E-state index is -0.155. The molecule has 2 atom stereocenters. The molecule has 0 unspecified atom stereocenters. The van der Waals surface area contributed by atoms with E-state index in [1.807, 2.05) is 33.5 Å². The van der Waals surface area contributed by atoms with Crippen molar-refractivity contribution < 1.29 is 9.84 Å². The van der Waals surface area contributed by atoms with Crippen molar-refractivity contribution in [2.45, 2.75) is 50.5 Å². The molecule has 0 spiro atoms. The first-order valence-corrected chi connectivity index (χ1v) is 8.80. The summed E-state index contributed by atoms with van der Waals surface area (Å²) in [6, 6.07) is 8.67. The molecule has 4 rings (SSSR count). The van der Waals surface area contributed by atoms with E-state index >= 15 is 0 Å². The van der Waals surface area contributed by atoms with Crippen molar-refractivity contribution >= 4 is 12.2 Å². The Kier molecular flexibility index (Phi) is 4.15. The maximum absolute atomic E-state index is 9.95. The number of hydrogen-bond acceptors (Lipinski definition) is 5. The van der Waals surface area contributed by atoms with Crippen LogP contribution in [0.2, 0.25) is 0 Å². The van der Waals surface area contributed by atoms with Gasteiger partial charge in [0.25, 0.3) is 0 Å². The molecule has 1 N–H and O–H groups in total. The lowest BCUT2D eigenvalue weighted by atomic mass is 10.0. The summed E-state index contributed by atoms with van der Waals surface area (Å²) in [6.45, 7) is 0.684. The summed E-state index contributed by atoms with van der Waals surface area (Å²) in [7, 11) is 1.66. The van der Waals surface area contributed by atoms with E-state index in [-0.39, 0.29) is 6.10 Å². The van der Waals surface area contributed by atoms with Gasteiger partial charge in [-0.1, -0.05) is 12.1 Å². The molecule has 2 fully saturated rings. The molecule has 1 aromatic carbocycles. The van der Waals surface area contributed by atoms with Crippen LogP contribution in [0.1, 0.15) is 25.7 Å². The van der Waals surface area contributed by atoms with Gasteiger partial charge in [-0.3, -0.25) is 9.47 Å². The Bertz CT molecular complexity index is 773. The third-order valence-corrected chi connectivity index (χ3v) is 5.64. The molecule has 3 heterocycles. The summed E-state index contributed by atoms with van der Waals surface area (Å²) in [5.74, 6) is 0.773. The third kappa shape index (κ3) is 2.66. The maximum atomic E-state index is 9.95. The van der Waals surface area contributed by atoms with Crippen LogP contribution in [0.15, 0.2) is 30.6 Å². The molecule has 2 bridgehead atoms. The molecule has 7 heteroatoms. The summed E-state index contributed by atoms with van der Waals surface area (Å²) in [5, 5.41) is 14.4. The van der Waals surface area contributed by atoms with Crippen LogP contribution in [-0.2, 0) is 6.67 Å². The van der Waals surface area contributed by atoms with Gasteiger partial charge in [0.15, 0.2) is 0 Å². The number of nitrogens with zero attached hydrogens (tertiary/aromatic N) is 4. The molecule has 2 saturated heterocycles. The highest BCUT2D eigenvalue weighted by molar-refractivity contribution is 7.71. The lowest BCUT2D eigenvalue weighted by Gasteiger charge is -2.36. The second-order valence-corrected chi connectivity index (χ2v) is 6.99. The summed E-state index contributed by atoms with van der Waals surface area (Å²) >= 11 is 5.64. The van der Waals surface area contributed by atoms with E-state index in [9.17, 15) is 5.11 Å². The molecule has 2 aliphatic rings. The molecule has 0 saturated carbocycles. The van der Waals surface area contributed by atoms with Crippen LogP contribution < -0.4 is 4.74 Å². The number of piperidine rings is 1. The standard InChI is InChI=1S/C17H22N4O2S/c1-23-16-5-3-2-4-15(16)19-10-18-21(17(19)24)11-20-12-6-7-13(20)9-14(22)8-12/h2-5,10,12-14,22H,6-9,11H2,1H3/t12-,13-/m0/s1. The lowest BCUT2D eigenvalue weighted by Crippen LogP contribution is -2.45. The molecular formula is C17H22N4O2S. The fourth-order valence-corrected chi connectivity index (χ4v) is 4.31. The molecule has 0 radical (unpaired) electrons. The van der Waals surface area contributed by atoms with Gasteiger partial charge in [-0.25, -0.2) is 4.68 Å². The van der Waals surface area contributed by atoms with Gasteiger partial charge in [0.05, 0.1) is 25.6 Å². The van der Waals surface area contributed by atoms with E-state index in [0.717, 1.165) is 37.1 Å². The first-order valence-electron chi connectivity index (χ1n) is 8.39. The summed E-state index contributed by atoms with van der Waals surface area (Å²) in [4.78, 5) is 2.45. The number of rotatable bonds is 4. The smallest absolute Gasteiger partial charge is 0.203 e. The van der Waals surface area contributed by atoms with Crippen molar-refractivity contribution in [2.24, 2.45) is 0 Å². The van der Waals surface area contributed by atoms with Crippen LogP contribution in [0.3, 0.4) is 0 Å². The number of para-hydroxylation sites is 2. The average molecular weight is 346 g/mol. The van der Waals surface area contributed by atoms with Gasteiger partial charge in [0, 0.05) is 12.1 Å². The van der Waals surface area contributed by atoms with Crippen molar-refractivity contribution in [2.75, 3.05) is 7.11 Å². The van der Waals surface area contributed by atoms with Crippen LogP contribution in [0, 0.1) is 4.77 Å². The molecule has 24 heavy (non-hydrogen) atoms. The fourth-order valence-electron chi connectivity index (χ4n) is 4.06. The first kappa shape index (κ1) is 15.8. The van der Waals surface area contributed by atoms with Crippen LogP contribution in [0.4, 0.5) is 0 Å². The van der Waals surface area contributed by atoms with Crippen molar-refractivity contribution in [3.63, 3.8) is 0 Å². The minimum Gasteiger partial charge on any atom is -0.495 e. The highest BCUT2D eigenvalue weighted by atomic mass is 32.1. The number of benzene rings is 1. The number of hydrogen-bond donors (Lipinski definition) is 1. The van der Waals surface area contributed by atoms with E-state index in [4.69, 9.17) is 17.0 Å². The first-order chi connectivity index (χ1) is 11.7. The van der Waals surface area contributed by atoms with Gasteiger partial charge in [-0.05, 0) is 50.0 Å². The summed E-state index contributed by atoms with van der Waals surface area (Å²) < 4.78 is 9.83. The van der Waals surface area contributed by atoms with Crippen LogP contribution in [0.5, 0.6) is 5.75 Å². The Morgan fingerprint density at radius 2 is 1.96 bits per heavy atom. The number of fused-ring (bicyclic) bond motifs is 2. The highest BCUT2D eigenvalue weighted by Crippen LogP contribution is 2.36. The van der Waals surface area contributed by atoms with E-state index in [1.54, 1.807) is 13.4 Å². The van der Waals surface area contributed by atoms with Crippen LogP contribution in [0.25, 0.3) is 5.69 Å². The van der Waals surface area contributed by atoms with Gasteiger partial charge in [0.1, 0.15) is 12.1 Å². The second-order valence-electron chi connectivity index (χ2n) is 6.62. The van der Waals surface area contributed by atoms with E-state index in [0.29, 0.717) is 23.5 Å². The van der Waals surface area contributed by atoms with E-state index in [1.165, 1.54) is 0 Å². The van der Waals surface area contributed by atoms with Gasteiger partial charge in [0.2, 0.25) is 4.77 Å². The van der Waals surface area contributed by atoms with Crippen molar-refractivity contribution in [3.8, 4) is 11.4 Å². The number of ether oxygens (including phenoxy) is 1. The normalized spacial score (nSPS) is 26.7. The zero-order chi connectivity index (χ0) is 16.7. The van der Waals surface area contributed by atoms with Crippen LogP contribution in [-0.4, -0.2) is 49.7 Å². The van der Waals surface area contributed by atoms with Gasteiger partial charge >= 0.3 is 0 Å². The molecule has 1 aromatic heterocycles. The SMILES string of the molecule is COc1ccccc1-n1cnn(CN2[C@H]3CC[C@H]2CC(O)C3)c1=S. The van der Waals surface area contributed by atoms with Crippen molar-refractivity contribution in [3.05, 3.63) is 35.4 Å². The molecule has 2 aromatic rings. The molecule has 128 valence electrons. The lowest BCUT2D eigenvalue weighted by molar-refractivity contribution is 0.0152. The third-order valence-electron chi connectivity index (χ3n) is 5.23. The van der Waals surface area contributed by atoms with E-state index < -0.39 is 0 Å². The summed E-state index contributed by atoms with van der Waals surface area (Å²) in [5.41, 5.74) is 0.897. The largest absolute Gasteiger partial charge is 0.495 e. The predicted molar refractivity (Wildman–Crippen MR) is 92.8 cm³/mol. The molecule has 0 amide bonds. The quantitative estimate of drug-likeness (QED) is 0.862. The number of methoxy groups -OCH3 is 1. The number of aromatic nitrogens is 3. The molecule has 2 aliphatic heterocycles.